The zero-order valence-corrected chi connectivity index (χ0v) is 13.6. The predicted octanol–water partition coefficient (Wildman–Crippen LogP) is 2.39. The van der Waals surface area contributed by atoms with Crippen molar-refractivity contribution in [2.24, 2.45) is 0 Å². The SMILES string of the molecule is CNC1CCCN(C(=O)CCSc2ccc(OC)cc2)C1. The van der Waals surface area contributed by atoms with Gasteiger partial charge in [-0.1, -0.05) is 0 Å². The molecule has 1 saturated heterocycles. The van der Waals surface area contributed by atoms with Crippen LogP contribution in [0, 0.1) is 0 Å². The van der Waals surface area contributed by atoms with Crippen LogP contribution >= 0.6 is 11.8 Å². The molecule has 1 aromatic rings. The number of hydrogen-bond donors (Lipinski definition) is 1. The van der Waals surface area contributed by atoms with Crippen LogP contribution < -0.4 is 10.1 Å². The lowest BCUT2D eigenvalue weighted by molar-refractivity contribution is -0.132. The molecule has 0 bridgehead atoms. The van der Waals surface area contributed by atoms with E-state index in [1.165, 1.54) is 11.3 Å². The van der Waals surface area contributed by atoms with Crippen molar-refractivity contribution < 1.29 is 9.53 Å². The van der Waals surface area contributed by atoms with Crippen LogP contribution in [0.1, 0.15) is 19.3 Å². The van der Waals surface area contributed by atoms with E-state index < -0.39 is 0 Å². The van der Waals surface area contributed by atoms with Gasteiger partial charge < -0.3 is 15.0 Å². The van der Waals surface area contributed by atoms with E-state index >= 15 is 0 Å². The Hall–Kier alpha value is -1.20. The van der Waals surface area contributed by atoms with Gasteiger partial charge in [-0.05, 0) is 44.2 Å². The molecule has 1 unspecified atom stereocenters. The fourth-order valence-electron chi connectivity index (χ4n) is 2.53. The van der Waals surface area contributed by atoms with Crippen LogP contribution in [-0.2, 0) is 4.79 Å². The number of piperidine rings is 1. The number of carbonyl (C=O) groups is 1. The summed E-state index contributed by atoms with van der Waals surface area (Å²) < 4.78 is 5.14. The second-order valence-corrected chi connectivity index (χ2v) is 6.41. The molecule has 1 heterocycles. The summed E-state index contributed by atoms with van der Waals surface area (Å²) in [7, 11) is 3.63. The van der Waals surface area contributed by atoms with Gasteiger partial charge in [0.25, 0.3) is 0 Å². The quantitative estimate of drug-likeness (QED) is 0.819. The minimum atomic E-state index is 0.274. The van der Waals surface area contributed by atoms with Crippen LogP contribution in [-0.4, -0.2) is 49.8 Å². The fourth-order valence-corrected chi connectivity index (χ4v) is 3.37. The minimum Gasteiger partial charge on any atom is -0.497 e. The molecule has 116 valence electrons. The van der Waals surface area contributed by atoms with Crippen LogP contribution in [0.25, 0.3) is 0 Å². The lowest BCUT2D eigenvalue weighted by Gasteiger charge is -2.32. The normalized spacial score (nSPS) is 18.6. The number of amides is 1. The average Bonchev–Trinajstić information content (AvgIpc) is 2.55. The van der Waals surface area contributed by atoms with Crippen molar-refractivity contribution in [2.45, 2.75) is 30.2 Å². The zero-order valence-electron chi connectivity index (χ0n) is 12.8. The van der Waals surface area contributed by atoms with Crippen LogP contribution in [0.15, 0.2) is 29.2 Å². The molecule has 1 fully saturated rings. The third kappa shape index (κ3) is 4.93. The van der Waals surface area contributed by atoms with E-state index in [0.29, 0.717) is 12.5 Å². The maximum absolute atomic E-state index is 12.2. The highest BCUT2D eigenvalue weighted by atomic mass is 32.2. The first kappa shape index (κ1) is 16.2. The molecular weight excluding hydrogens is 284 g/mol. The number of benzene rings is 1. The number of hydrogen-bond acceptors (Lipinski definition) is 4. The van der Waals surface area contributed by atoms with Crippen molar-refractivity contribution in [1.29, 1.82) is 0 Å². The second-order valence-electron chi connectivity index (χ2n) is 5.24. The van der Waals surface area contributed by atoms with Crippen molar-refractivity contribution in [1.82, 2.24) is 10.2 Å². The number of nitrogens with zero attached hydrogens (tertiary/aromatic N) is 1. The van der Waals surface area contributed by atoms with Crippen LogP contribution in [0.4, 0.5) is 0 Å². The first-order valence-corrected chi connectivity index (χ1v) is 8.43. The molecule has 1 atom stereocenters. The lowest BCUT2D eigenvalue weighted by Crippen LogP contribution is -2.47. The standard InChI is InChI=1S/C16H24N2O2S/c1-17-13-4-3-10-18(12-13)16(19)9-11-21-15-7-5-14(20-2)6-8-15/h5-8,13,17H,3-4,9-12H2,1-2H3. The van der Waals surface area contributed by atoms with E-state index in [9.17, 15) is 4.79 Å². The molecule has 2 rings (SSSR count). The maximum Gasteiger partial charge on any atom is 0.223 e. The van der Waals surface area contributed by atoms with Crippen molar-refractivity contribution >= 4 is 17.7 Å². The number of carbonyl (C=O) groups excluding carboxylic acids is 1. The molecule has 0 radical (unpaired) electrons. The molecule has 1 aliphatic rings. The first-order valence-electron chi connectivity index (χ1n) is 7.45. The highest BCUT2D eigenvalue weighted by Crippen LogP contribution is 2.22. The number of methoxy groups -OCH3 is 1. The fraction of sp³-hybridized carbons (Fsp3) is 0.562. The monoisotopic (exact) mass is 308 g/mol. The second kappa shape index (κ2) is 8.29. The molecule has 5 heteroatoms. The Balaban J connectivity index is 1.73. The van der Waals surface area contributed by atoms with E-state index in [1.54, 1.807) is 18.9 Å². The van der Waals surface area contributed by atoms with Crippen molar-refractivity contribution in [2.75, 3.05) is 33.0 Å². The summed E-state index contributed by atoms with van der Waals surface area (Å²) >= 11 is 1.72. The lowest BCUT2D eigenvalue weighted by atomic mass is 10.1. The number of thioether (sulfide) groups is 1. The van der Waals surface area contributed by atoms with E-state index in [2.05, 4.69) is 5.32 Å². The van der Waals surface area contributed by atoms with Gasteiger partial charge in [0.2, 0.25) is 5.91 Å². The number of ether oxygens (including phenoxy) is 1. The molecular formula is C16H24N2O2S. The van der Waals surface area contributed by atoms with E-state index in [-0.39, 0.29) is 5.91 Å². The van der Waals surface area contributed by atoms with Gasteiger partial charge in [-0.15, -0.1) is 11.8 Å². The van der Waals surface area contributed by atoms with Crippen LogP contribution in [0.5, 0.6) is 5.75 Å². The summed E-state index contributed by atoms with van der Waals surface area (Å²) in [5.74, 6) is 1.96. The highest BCUT2D eigenvalue weighted by molar-refractivity contribution is 7.99. The average molecular weight is 308 g/mol. The number of rotatable bonds is 6. The Morgan fingerprint density at radius 1 is 1.43 bits per heavy atom. The van der Waals surface area contributed by atoms with Gasteiger partial charge in [0, 0.05) is 36.2 Å². The summed E-state index contributed by atoms with van der Waals surface area (Å²) in [6.07, 6.45) is 2.87. The molecule has 0 aromatic heterocycles. The van der Waals surface area contributed by atoms with Crippen LogP contribution in [0.3, 0.4) is 0 Å². The van der Waals surface area contributed by atoms with Gasteiger partial charge in [0.15, 0.2) is 0 Å². The number of likely N-dealkylation sites (tertiary alicyclic amines) is 1. The van der Waals surface area contributed by atoms with Crippen molar-refractivity contribution in [3.05, 3.63) is 24.3 Å². The van der Waals surface area contributed by atoms with Crippen molar-refractivity contribution in [3.63, 3.8) is 0 Å². The summed E-state index contributed by atoms with van der Waals surface area (Å²) in [6, 6.07) is 8.42. The maximum atomic E-state index is 12.2. The Kier molecular flexibility index (Phi) is 6.39. The third-order valence-corrected chi connectivity index (χ3v) is 4.84. The van der Waals surface area contributed by atoms with E-state index in [0.717, 1.165) is 31.0 Å². The molecule has 0 saturated carbocycles. The predicted molar refractivity (Wildman–Crippen MR) is 87.0 cm³/mol. The van der Waals surface area contributed by atoms with Gasteiger partial charge >= 0.3 is 0 Å². The minimum absolute atomic E-state index is 0.274. The Labute approximate surface area is 131 Å². The van der Waals surface area contributed by atoms with Crippen molar-refractivity contribution in [3.8, 4) is 5.75 Å². The molecule has 1 N–H and O–H groups in total. The molecule has 1 aromatic carbocycles. The largest absolute Gasteiger partial charge is 0.497 e. The first-order chi connectivity index (χ1) is 10.2. The summed E-state index contributed by atoms with van der Waals surface area (Å²) in [5.41, 5.74) is 0. The van der Waals surface area contributed by atoms with Gasteiger partial charge in [0.05, 0.1) is 7.11 Å². The third-order valence-electron chi connectivity index (χ3n) is 3.83. The molecule has 1 aliphatic heterocycles. The van der Waals surface area contributed by atoms with E-state index in [1.807, 2.05) is 36.2 Å². The smallest absolute Gasteiger partial charge is 0.223 e. The van der Waals surface area contributed by atoms with Gasteiger partial charge in [-0.3, -0.25) is 4.79 Å². The van der Waals surface area contributed by atoms with Gasteiger partial charge in [-0.2, -0.15) is 0 Å². The molecule has 21 heavy (non-hydrogen) atoms. The Morgan fingerprint density at radius 2 is 2.19 bits per heavy atom. The van der Waals surface area contributed by atoms with Crippen LogP contribution in [0.2, 0.25) is 0 Å². The van der Waals surface area contributed by atoms with Gasteiger partial charge in [0.1, 0.15) is 5.75 Å². The zero-order chi connectivity index (χ0) is 15.1. The van der Waals surface area contributed by atoms with E-state index in [4.69, 9.17) is 4.74 Å². The Morgan fingerprint density at radius 3 is 2.86 bits per heavy atom. The summed E-state index contributed by atoms with van der Waals surface area (Å²) in [5, 5.41) is 3.27. The summed E-state index contributed by atoms with van der Waals surface area (Å²) in [6.45, 7) is 1.76. The molecule has 0 aliphatic carbocycles. The molecule has 0 spiro atoms. The van der Waals surface area contributed by atoms with Gasteiger partial charge in [-0.25, -0.2) is 0 Å². The number of likely N-dealkylation sites (N-methyl/N-ethyl adjacent to an activating group) is 1. The summed E-state index contributed by atoms with van der Waals surface area (Å²) in [4.78, 5) is 15.4. The molecule has 1 amide bonds. The topological polar surface area (TPSA) is 41.6 Å². The highest BCUT2D eigenvalue weighted by Gasteiger charge is 2.21. The molecule has 4 nitrogen and oxygen atoms in total. The number of nitrogens with one attached hydrogen (secondary N) is 1. The Bertz CT molecular complexity index is 450.